The first-order chi connectivity index (χ1) is 9.95. The van der Waals surface area contributed by atoms with E-state index >= 15 is 0 Å². The number of aromatic carboxylic acids is 1. The number of carboxylic acids is 1. The van der Waals surface area contributed by atoms with Gasteiger partial charge in [-0.25, -0.2) is 14.0 Å². The summed E-state index contributed by atoms with van der Waals surface area (Å²) in [7, 11) is 0. The highest BCUT2D eigenvalue weighted by atomic mass is 19.1. The summed E-state index contributed by atoms with van der Waals surface area (Å²) in [5.74, 6) is -1.62. The van der Waals surface area contributed by atoms with Crippen molar-refractivity contribution in [3.05, 3.63) is 59.4 Å². The molecule has 108 valence electrons. The van der Waals surface area contributed by atoms with E-state index in [1.165, 1.54) is 30.3 Å². The number of anilines is 2. The maximum Gasteiger partial charge on any atom is 0.337 e. The van der Waals surface area contributed by atoms with Gasteiger partial charge in [0.1, 0.15) is 5.82 Å². The number of halogens is 1. The largest absolute Gasteiger partial charge is 0.478 e. The molecule has 0 saturated carbocycles. The number of carbonyl (C=O) groups excluding carboxylic acids is 1. The highest BCUT2D eigenvalue weighted by Gasteiger charge is 2.12. The molecule has 0 aliphatic carbocycles. The van der Waals surface area contributed by atoms with Gasteiger partial charge in [-0.1, -0.05) is 17.7 Å². The molecule has 2 amide bonds. The first-order valence-electron chi connectivity index (χ1n) is 6.13. The van der Waals surface area contributed by atoms with Crippen LogP contribution in [-0.2, 0) is 0 Å². The molecule has 2 rings (SSSR count). The van der Waals surface area contributed by atoms with Crippen LogP contribution in [0, 0.1) is 12.7 Å². The number of hydrogen-bond donors (Lipinski definition) is 3. The Morgan fingerprint density at radius 3 is 2.52 bits per heavy atom. The third kappa shape index (κ3) is 3.79. The number of aryl methyl sites for hydroxylation is 1. The lowest BCUT2D eigenvalue weighted by atomic mass is 10.1. The van der Waals surface area contributed by atoms with Gasteiger partial charge in [0.15, 0.2) is 0 Å². The van der Waals surface area contributed by atoms with Crippen LogP contribution in [0.2, 0.25) is 0 Å². The second-order valence-electron chi connectivity index (χ2n) is 4.44. The fraction of sp³-hybridized carbons (Fsp3) is 0.0667. The van der Waals surface area contributed by atoms with E-state index in [0.717, 1.165) is 11.6 Å². The zero-order chi connectivity index (χ0) is 15.4. The standard InChI is InChI=1S/C15H13FN2O3/c1-9-5-6-13(12(7-9)14(19)20)18-15(21)17-11-4-2-3-10(16)8-11/h2-8H,1H3,(H,19,20)(H2,17,18,21). The second-order valence-corrected chi connectivity index (χ2v) is 4.44. The van der Waals surface area contributed by atoms with Gasteiger partial charge in [0, 0.05) is 5.69 Å². The quantitative estimate of drug-likeness (QED) is 0.809. The van der Waals surface area contributed by atoms with Gasteiger partial charge in [0.05, 0.1) is 11.3 Å². The van der Waals surface area contributed by atoms with Crippen LogP contribution in [0.15, 0.2) is 42.5 Å². The maximum absolute atomic E-state index is 13.0. The van der Waals surface area contributed by atoms with E-state index in [-0.39, 0.29) is 16.9 Å². The van der Waals surface area contributed by atoms with Crippen molar-refractivity contribution in [3.8, 4) is 0 Å². The molecule has 0 atom stereocenters. The Morgan fingerprint density at radius 1 is 1.10 bits per heavy atom. The lowest BCUT2D eigenvalue weighted by Gasteiger charge is -2.10. The fourth-order valence-corrected chi connectivity index (χ4v) is 1.79. The lowest BCUT2D eigenvalue weighted by molar-refractivity contribution is 0.0698. The van der Waals surface area contributed by atoms with Crippen molar-refractivity contribution in [1.82, 2.24) is 0 Å². The summed E-state index contributed by atoms with van der Waals surface area (Å²) in [5.41, 5.74) is 1.20. The molecule has 0 aliphatic heterocycles. The minimum atomic E-state index is -1.14. The van der Waals surface area contributed by atoms with E-state index in [4.69, 9.17) is 5.11 Å². The summed E-state index contributed by atoms with van der Waals surface area (Å²) in [4.78, 5) is 23.0. The first kappa shape index (κ1) is 14.5. The first-order valence-corrected chi connectivity index (χ1v) is 6.13. The Morgan fingerprint density at radius 2 is 1.86 bits per heavy atom. The number of rotatable bonds is 3. The molecule has 2 aromatic rings. The van der Waals surface area contributed by atoms with Crippen LogP contribution in [0.5, 0.6) is 0 Å². The molecule has 0 aromatic heterocycles. The zero-order valence-corrected chi connectivity index (χ0v) is 11.2. The predicted molar refractivity (Wildman–Crippen MR) is 77.2 cm³/mol. The normalized spacial score (nSPS) is 10.0. The van der Waals surface area contributed by atoms with Crippen LogP contribution in [0.25, 0.3) is 0 Å². The summed E-state index contributed by atoms with van der Waals surface area (Å²) in [6.07, 6.45) is 0. The third-order valence-electron chi connectivity index (χ3n) is 2.74. The Hall–Kier alpha value is -2.89. The highest BCUT2D eigenvalue weighted by Crippen LogP contribution is 2.18. The number of benzene rings is 2. The molecule has 3 N–H and O–H groups in total. The number of urea groups is 1. The number of carboxylic acid groups (broad SMARTS) is 1. The van der Waals surface area contributed by atoms with Crippen molar-refractivity contribution >= 4 is 23.4 Å². The van der Waals surface area contributed by atoms with Gasteiger partial charge in [-0.15, -0.1) is 0 Å². The van der Waals surface area contributed by atoms with Crippen molar-refractivity contribution in [2.45, 2.75) is 6.92 Å². The maximum atomic E-state index is 13.0. The van der Waals surface area contributed by atoms with Crippen LogP contribution >= 0.6 is 0 Å². The topological polar surface area (TPSA) is 78.4 Å². The SMILES string of the molecule is Cc1ccc(NC(=O)Nc2cccc(F)c2)c(C(=O)O)c1. The molecule has 0 bridgehead atoms. The molecular weight excluding hydrogens is 275 g/mol. The number of hydrogen-bond acceptors (Lipinski definition) is 2. The van der Waals surface area contributed by atoms with Gasteiger partial charge in [0.25, 0.3) is 0 Å². The van der Waals surface area contributed by atoms with E-state index in [9.17, 15) is 14.0 Å². The Bertz CT molecular complexity index is 701. The summed E-state index contributed by atoms with van der Waals surface area (Å²) < 4.78 is 13.0. The van der Waals surface area contributed by atoms with Gasteiger partial charge < -0.3 is 15.7 Å². The number of nitrogens with one attached hydrogen (secondary N) is 2. The van der Waals surface area contributed by atoms with Gasteiger partial charge in [0.2, 0.25) is 0 Å². The summed E-state index contributed by atoms with van der Waals surface area (Å²) in [6, 6.07) is 9.40. The molecule has 2 aromatic carbocycles. The van der Waals surface area contributed by atoms with Crippen LogP contribution in [-0.4, -0.2) is 17.1 Å². The smallest absolute Gasteiger partial charge is 0.337 e. The van der Waals surface area contributed by atoms with Gasteiger partial charge in [-0.2, -0.15) is 0 Å². The predicted octanol–water partition coefficient (Wildman–Crippen LogP) is 3.48. The summed E-state index contributed by atoms with van der Waals surface area (Å²) in [5, 5.41) is 14.0. The van der Waals surface area contributed by atoms with E-state index in [0.29, 0.717) is 0 Å². The molecule has 21 heavy (non-hydrogen) atoms. The van der Waals surface area contributed by atoms with Gasteiger partial charge in [-0.05, 0) is 37.3 Å². The molecule has 0 heterocycles. The van der Waals surface area contributed by atoms with Gasteiger partial charge in [-0.3, -0.25) is 0 Å². The average Bonchev–Trinajstić information content (AvgIpc) is 2.40. The molecule has 0 aliphatic rings. The number of carbonyl (C=O) groups is 2. The van der Waals surface area contributed by atoms with Crippen molar-refractivity contribution in [2.24, 2.45) is 0 Å². The minimum absolute atomic E-state index is 0.00982. The van der Waals surface area contributed by atoms with E-state index in [1.807, 2.05) is 0 Å². The monoisotopic (exact) mass is 288 g/mol. The van der Waals surface area contributed by atoms with Crippen molar-refractivity contribution < 1.29 is 19.1 Å². The molecule has 6 heteroatoms. The van der Waals surface area contributed by atoms with Crippen molar-refractivity contribution in [2.75, 3.05) is 10.6 Å². The lowest BCUT2D eigenvalue weighted by Crippen LogP contribution is -2.21. The Kier molecular flexibility index (Phi) is 4.18. The Labute approximate surface area is 120 Å². The van der Waals surface area contributed by atoms with Crippen LogP contribution < -0.4 is 10.6 Å². The Balaban J connectivity index is 2.15. The summed E-state index contributed by atoms with van der Waals surface area (Å²) in [6.45, 7) is 1.75. The molecule has 0 fully saturated rings. The van der Waals surface area contributed by atoms with E-state index in [2.05, 4.69) is 10.6 Å². The average molecular weight is 288 g/mol. The van der Waals surface area contributed by atoms with Crippen molar-refractivity contribution in [1.29, 1.82) is 0 Å². The van der Waals surface area contributed by atoms with Crippen LogP contribution in [0.3, 0.4) is 0 Å². The van der Waals surface area contributed by atoms with E-state index in [1.54, 1.807) is 13.0 Å². The molecule has 0 radical (unpaired) electrons. The number of amides is 2. The molecular formula is C15H13FN2O3. The summed E-state index contributed by atoms with van der Waals surface area (Å²) >= 11 is 0. The molecule has 0 saturated heterocycles. The van der Waals surface area contributed by atoms with Gasteiger partial charge >= 0.3 is 12.0 Å². The van der Waals surface area contributed by atoms with Crippen LogP contribution in [0.4, 0.5) is 20.6 Å². The highest BCUT2D eigenvalue weighted by molar-refractivity contribution is 6.04. The molecule has 0 unspecified atom stereocenters. The second kappa shape index (κ2) is 6.04. The third-order valence-corrected chi connectivity index (χ3v) is 2.74. The fourth-order valence-electron chi connectivity index (χ4n) is 1.79. The van der Waals surface area contributed by atoms with E-state index < -0.39 is 17.8 Å². The van der Waals surface area contributed by atoms with Crippen LogP contribution in [0.1, 0.15) is 15.9 Å². The molecule has 0 spiro atoms. The molecule has 5 nitrogen and oxygen atoms in total. The minimum Gasteiger partial charge on any atom is -0.478 e. The zero-order valence-electron chi connectivity index (χ0n) is 11.2. The van der Waals surface area contributed by atoms with Crippen molar-refractivity contribution in [3.63, 3.8) is 0 Å².